The Balaban J connectivity index is 1.39. The lowest BCUT2D eigenvalue weighted by Gasteiger charge is -2.28. The molecule has 258 valence electrons. The summed E-state index contributed by atoms with van der Waals surface area (Å²) >= 11 is 10.4. The number of aliphatic imine (C=N–C) groups is 1. The first-order valence-corrected chi connectivity index (χ1v) is 19.4. The molecule has 0 aliphatic carbocycles. The van der Waals surface area contributed by atoms with Crippen molar-refractivity contribution in [3.63, 3.8) is 0 Å². The fourth-order valence-electron chi connectivity index (χ4n) is 5.10. The quantitative estimate of drug-likeness (QED) is 0.0662. The highest BCUT2D eigenvalue weighted by Crippen LogP contribution is 2.37. The van der Waals surface area contributed by atoms with Crippen LogP contribution in [0.1, 0.15) is 35.2 Å². The lowest BCUT2D eigenvalue weighted by Crippen LogP contribution is -2.42. The molecular weight excluding hydrogens is 905 g/mol. The zero-order valence-electron chi connectivity index (χ0n) is 27.4. The lowest BCUT2D eigenvalue weighted by atomic mass is 9.99. The Morgan fingerprint density at radius 1 is 0.980 bits per heavy atom. The number of thioether (sulfide) groups is 1. The van der Waals surface area contributed by atoms with E-state index >= 15 is 0 Å². The lowest BCUT2D eigenvalue weighted by molar-refractivity contribution is -0.126. The normalized spacial score (nSPS) is 14.3. The third-order valence-electron chi connectivity index (χ3n) is 7.54. The molecule has 51 heavy (non-hydrogen) atoms. The number of hydrogen-bond donors (Lipinski definition) is 1. The number of halogens is 3. The second kappa shape index (κ2) is 18.5. The maximum absolute atomic E-state index is 14.1. The summed E-state index contributed by atoms with van der Waals surface area (Å²) in [6.45, 7) is 5.87. The standard InChI is InChI=1S/C40H32Br2IN3O4S/c1-3-5-16-31(4-2)46-39(49)32(21-27-22-33(41)37(34(42)23-27)50-24-26-17-19-30(43)20-18-26)38(48)45-40(46)51-25-35(47)44-36(28-12-8-6-9-13-28)29-14-10-7-11-15-29/h3-23,36H,1,24-25H2,2H3,(H,44,47)/b16-5-,31-4+,32-21+. The minimum atomic E-state index is -0.708. The molecule has 0 bridgehead atoms. The van der Waals surface area contributed by atoms with Crippen LogP contribution in [0.5, 0.6) is 5.75 Å². The number of nitrogens with zero attached hydrogens (tertiary/aromatic N) is 2. The van der Waals surface area contributed by atoms with E-state index in [0.29, 0.717) is 32.6 Å². The van der Waals surface area contributed by atoms with E-state index in [0.717, 1.165) is 32.0 Å². The summed E-state index contributed by atoms with van der Waals surface area (Å²) in [6.07, 6.45) is 8.20. The summed E-state index contributed by atoms with van der Waals surface area (Å²) < 4.78 is 8.49. The SMILES string of the molecule is C=C/C=C\C(=C/C)N1C(=O)/C(=C/c2cc(Br)c(OCc3ccc(I)cc3)c(Br)c2)C(=O)N=C1SCC(=O)NC(c1ccccc1)c1ccccc1. The van der Waals surface area contributed by atoms with Crippen LogP contribution in [0, 0.1) is 3.57 Å². The molecule has 0 saturated carbocycles. The Morgan fingerprint density at radius 3 is 2.16 bits per heavy atom. The molecule has 0 unspecified atom stereocenters. The summed E-state index contributed by atoms with van der Waals surface area (Å²) in [6, 6.07) is 30.5. The Morgan fingerprint density at radius 2 is 1.59 bits per heavy atom. The first-order valence-electron chi connectivity index (χ1n) is 15.7. The van der Waals surface area contributed by atoms with Gasteiger partial charge in [0.25, 0.3) is 11.8 Å². The molecule has 0 radical (unpaired) electrons. The smallest absolute Gasteiger partial charge is 0.285 e. The molecule has 4 aromatic carbocycles. The molecule has 0 spiro atoms. The van der Waals surface area contributed by atoms with E-state index in [-0.39, 0.29) is 28.4 Å². The van der Waals surface area contributed by atoms with Crippen LogP contribution in [0.25, 0.3) is 6.08 Å². The van der Waals surface area contributed by atoms with Crippen molar-refractivity contribution in [1.29, 1.82) is 0 Å². The van der Waals surface area contributed by atoms with E-state index in [2.05, 4.69) is 71.3 Å². The summed E-state index contributed by atoms with van der Waals surface area (Å²) in [4.78, 5) is 46.7. The number of ether oxygens (including phenoxy) is 1. The zero-order chi connectivity index (χ0) is 36.3. The molecule has 1 aliphatic rings. The fourth-order valence-corrected chi connectivity index (χ4v) is 7.72. The number of allylic oxidation sites excluding steroid dienone is 4. The summed E-state index contributed by atoms with van der Waals surface area (Å²) in [7, 11) is 0. The van der Waals surface area contributed by atoms with Crippen molar-refractivity contribution in [1.82, 2.24) is 10.2 Å². The molecule has 4 aromatic rings. The number of hydrogen-bond acceptors (Lipinski definition) is 5. The second-order valence-corrected chi connectivity index (χ2v) is 14.9. The van der Waals surface area contributed by atoms with E-state index in [1.807, 2.05) is 84.9 Å². The molecule has 0 aromatic heterocycles. The minimum absolute atomic E-state index is 0.0865. The number of nitrogens with one attached hydrogen (secondary N) is 1. The number of carbonyl (C=O) groups excluding carboxylic acids is 3. The van der Waals surface area contributed by atoms with Gasteiger partial charge in [-0.2, -0.15) is 4.99 Å². The third-order valence-corrected chi connectivity index (χ3v) is 10.4. The summed E-state index contributed by atoms with van der Waals surface area (Å²) in [5.74, 6) is -1.07. The topological polar surface area (TPSA) is 88.1 Å². The van der Waals surface area contributed by atoms with E-state index < -0.39 is 11.8 Å². The Bertz CT molecular complexity index is 1990. The highest BCUT2D eigenvalue weighted by molar-refractivity contribution is 14.1. The Kier molecular flexibility index (Phi) is 13.8. The van der Waals surface area contributed by atoms with E-state index in [9.17, 15) is 14.4 Å². The maximum atomic E-state index is 14.1. The van der Waals surface area contributed by atoms with Crippen molar-refractivity contribution in [3.8, 4) is 5.75 Å². The van der Waals surface area contributed by atoms with Crippen LogP contribution in [-0.4, -0.2) is 33.5 Å². The number of amides is 3. The molecular formula is C40H32Br2IN3O4S. The van der Waals surface area contributed by atoms with Crippen molar-refractivity contribution < 1.29 is 19.1 Å². The average Bonchev–Trinajstić information content (AvgIpc) is 3.13. The fraction of sp³-hybridized carbons (Fsp3) is 0.100. The van der Waals surface area contributed by atoms with Crippen molar-refractivity contribution in [2.24, 2.45) is 4.99 Å². The Hall–Kier alpha value is -4.04. The second-order valence-electron chi connectivity index (χ2n) is 11.0. The van der Waals surface area contributed by atoms with Gasteiger partial charge in [0.05, 0.1) is 20.7 Å². The van der Waals surface area contributed by atoms with Gasteiger partial charge in [0, 0.05) is 9.27 Å². The minimum Gasteiger partial charge on any atom is -0.487 e. The molecule has 7 nitrogen and oxygen atoms in total. The van der Waals surface area contributed by atoms with E-state index in [1.165, 1.54) is 11.0 Å². The molecule has 1 heterocycles. The monoisotopic (exact) mass is 935 g/mol. The largest absolute Gasteiger partial charge is 0.487 e. The van der Waals surface area contributed by atoms with Crippen LogP contribution in [0.2, 0.25) is 0 Å². The van der Waals surface area contributed by atoms with Gasteiger partial charge in [0.15, 0.2) is 5.17 Å². The van der Waals surface area contributed by atoms with Crippen molar-refractivity contribution in [2.75, 3.05) is 5.75 Å². The van der Waals surface area contributed by atoms with Gasteiger partial charge in [0.2, 0.25) is 5.91 Å². The number of benzene rings is 4. The molecule has 1 aliphatic heterocycles. The molecule has 11 heteroatoms. The van der Waals surface area contributed by atoms with Crippen LogP contribution in [0.4, 0.5) is 0 Å². The van der Waals surface area contributed by atoms with Crippen LogP contribution in [0.3, 0.4) is 0 Å². The van der Waals surface area contributed by atoms with Gasteiger partial charge < -0.3 is 10.1 Å². The molecule has 1 N–H and O–H groups in total. The van der Waals surface area contributed by atoms with Crippen LogP contribution < -0.4 is 10.1 Å². The first-order chi connectivity index (χ1) is 24.7. The van der Waals surface area contributed by atoms with Crippen LogP contribution in [0.15, 0.2) is 153 Å². The molecule has 3 amide bonds. The highest BCUT2D eigenvalue weighted by Gasteiger charge is 2.35. The maximum Gasteiger partial charge on any atom is 0.285 e. The van der Waals surface area contributed by atoms with Crippen molar-refractivity contribution >= 4 is 95.2 Å². The van der Waals surface area contributed by atoms with Crippen LogP contribution >= 0.6 is 66.2 Å². The number of amidine groups is 1. The zero-order valence-corrected chi connectivity index (χ0v) is 33.5. The predicted molar refractivity (Wildman–Crippen MR) is 221 cm³/mol. The first kappa shape index (κ1) is 38.2. The summed E-state index contributed by atoms with van der Waals surface area (Å²) in [5, 5.41) is 3.20. The molecule has 5 rings (SSSR count). The van der Waals surface area contributed by atoms with E-state index in [1.54, 1.807) is 43.4 Å². The summed E-state index contributed by atoms with van der Waals surface area (Å²) in [5.41, 5.74) is 3.78. The van der Waals surface area contributed by atoms with Gasteiger partial charge in [-0.25, -0.2) is 0 Å². The van der Waals surface area contributed by atoms with Crippen LogP contribution in [-0.2, 0) is 21.0 Å². The van der Waals surface area contributed by atoms with Gasteiger partial charge in [0.1, 0.15) is 17.9 Å². The Labute approximate surface area is 332 Å². The highest BCUT2D eigenvalue weighted by atomic mass is 127. The van der Waals surface area contributed by atoms with E-state index in [4.69, 9.17) is 4.74 Å². The molecule has 0 saturated heterocycles. The number of carbonyl (C=O) groups is 3. The van der Waals surface area contributed by atoms with Gasteiger partial charge in [-0.1, -0.05) is 109 Å². The van der Waals surface area contributed by atoms with Crippen molar-refractivity contribution in [3.05, 3.63) is 174 Å². The predicted octanol–water partition coefficient (Wildman–Crippen LogP) is 9.79. The van der Waals surface area contributed by atoms with Crippen molar-refractivity contribution in [2.45, 2.75) is 19.6 Å². The van der Waals surface area contributed by atoms with Gasteiger partial charge in [-0.05, 0) is 120 Å². The molecule has 0 fully saturated rings. The van der Waals surface area contributed by atoms with Gasteiger partial charge in [-0.15, -0.1) is 0 Å². The van der Waals surface area contributed by atoms with Gasteiger partial charge >= 0.3 is 0 Å². The molecule has 0 atom stereocenters. The third kappa shape index (κ3) is 10.1. The average molecular weight is 937 g/mol. The van der Waals surface area contributed by atoms with Gasteiger partial charge in [-0.3, -0.25) is 19.3 Å². The number of rotatable bonds is 12.